The maximum atomic E-state index is 13.5. The van der Waals surface area contributed by atoms with Crippen molar-refractivity contribution < 1.29 is 27.4 Å². The van der Waals surface area contributed by atoms with Gasteiger partial charge in [-0.1, -0.05) is 0 Å². The number of carbonyl (C=O) groups excluding carboxylic acids is 1. The highest BCUT2D eigenvalue weighted by Gasteiger charge is 2.26. The van der Waals surface area contributed by atoms with Crippen LogP contribution in [0, 0.1) is 17.5 Å². The number of ether oxygens (including phenoxy) is 2. The predicted molar refractivity (Wildman–Crippen MR) is 49.4 cm³/mol. The molecule has 0 aliphatic heterocycles. The molecule has 0 bridgehead atoms. The molecule has 0 heterocycles. The molecular weight excluding hydrogens is 225 g/mol. The van der Waals surface area contributed by atoms with E-state index in [9.17, 15) is 18.0 Å². The highest BCUT2D eigenvalue weighted by molar-refractivity contribution is 5.77. The van der Waals surface area contributed by atoms with Crippen LogP contribution < -0.4 is 9.47 Å². The van der Waals surface area contributed by atoms with Crippen molar-refractivity contribution >= 4 is 6.29 Å². The number of aldehydes is 1. The Morgan fingerprint density at radius 3 is 2.19 bits per heavy atom. The minimum absolute atomic E-state index is 0.00654. The molecule has 0 saturated heterocycles. The van der Waals surface area contributed by atoms with E-state index in [0.717, 1.165) is 7.11 Å². The van der Waals surface area contributed by atoms with Crippen molar-refractivity contribution in [2.75, 3.05) is 13.7 Å². The largest absolute Gasteiger partial charge is 0.490 e. The number of hydrogen-bond donors (Lipinski definition) is 0. The molecule has 1 rings (SSSR count). The number of methoxy groups -OCH3 is 1. The molecule has 1 aromatic carbocycles. The minimum Gasteiger partial charge on any atom is -0.490 e. The van der Waals surface area contributed by atoms with E-state index in [4.69, 9.17) is 4.74 Å². The van der Waals surface area contributed by atoms with Gasteiger partial charge in [-0.3, -0.25) is 4.79 Å². The molecule has 0 amide bonds. The summed E-state index contributed by atoms with van der Waals surface area (Å²) in [4.78, 5) is 10.4. The summed E-state index contributed by atoms with van der Waals surface area (Å²) in [5, 5.41) is 0. The van der Waals surface area contributed by atoms with Crippen molar-refractivity contribution in [2.45, 2.75) is 6.92 Å². The second-order valence-electron chi connectivity index (χ2n) is 2.77. The molecule has 0 atom stereocenters. The van der Waals surface area contributed by atoms with Crippen LogP contribution in [0.25, 0.3) is 0 Å². The monoisotopic (exact) mass is 234 g/mol. The van der Waals surface area contributed by atoms with E-state index < -0.39 is 34.5 Å². The molecule has 88 valence electrons. The van der Waals surface area contributed by atoms with Gasteiger partial charge in [0.25, 0.3) is 0 Å². The number of carbonyl (C=O) groups is 1. The van der Waals surface area contributed by atoms with Gasteiger partial charge in [-0.2, -0.15) is 4.39 Å². The normalized spacial score (nSPS) is 10.1. The highest BCUT2D eigenvalue weighted by atomic mass is 19.2. The van der Waals surface area contributed by atoms with Crippen LogP contribution in [0.4, 0.5) is 13.2 Å². The van der Waals surface area contributed by atoms with E-state index >= 15 is 0 Å². The zero-order valence-corrected chi connectivity index (χ0v) is 8.64. The Kier molecular flexibility index (Phi) is 3.76. The Labute approximate surface area is 89.8 Å². The first-order chi connectivity index (χ1) is 7.58. The van der Waals surface area contributed by atoms with Crippen LogP contribution in [0.3, 0.4) is 0 Å². The molecule has 0 radical (unpaired) electrons. The third-order valence-corrected chi connectivity index (χ3v) is 1.88. The van der Waals surface area contributed by atoms with Crippen molar-refractivity contribution in [3.05, 3.63) is 23.0 Å². The smallest absolute Gasteiger partial charge is 0.205 e. The third-order valence-electron chi connectivity index (χ3n) is 1.88. The summed E-state index contributed by atoms with van der Waals surface area (Å²) in [6, 6.07) is 0. The fourth-order valence-electron chi connectivity index (χ4n) is 1.19. The Balaban J connectivity index is 3.56. The van der Waals surface area contributed by atoms with Gasteiger partial charge in [-0.15, -0.1) is 0 Å². The molecule has 6 heteroatoms. The van der Waals surface area contributed by atoms with Gasteiger partial charge in [-0.25, -0.2) is 8.78 Å². The zero-order chi connectivity index (χ0) is 12.3. The topological polar surface area (TPSA) is 35.5 Å². The summed E-state index contributed by atoms with van der Waals surface area (Å²) in [6.07, 6.45) is -0.119. The zero-order valence-electron chi connectivity index (χ0n) is 8.64. The Morgan fingerprint density at radius 1 is 1.12 bits per heavy atom. The molecule has 0 saturated carbocycles. The lowest BCUT2D eigenvalue weighted by Crippen LogP contribution is -2.07. The molecule has 0 unspecified atom stereocenters. The Bertz CT molecular complexity index is 419. The van der Waals surface area contributed by atoms with Crippen LogP contribution in [0.5, 0.6) is 11.5 Å². The average Bonchev–Trinajstić information content (AvgIpc) is 2.27. The van der Waals surface area contributed by atoms with Gasteiger partial charge >= 0.3 is 0 Å². The summed E-state index contributed by atoms with van der Waals surface area (Å²) in [7, 11) is 1.06. The van der Waals surface area contributed by atoms with Crippen LogP contribution in [0.15, 0.2) is 0 Å². The molecule has 0 spiro atoms. The number of halogens is 3. The van der Waals surface area contributed by atoms with E-state index in [-0.39, 0.29) is 12.9 Å². The van der Waals surface area contributed by atoms with Crippen molar-refractivity contribution in [3.63, 3.8) is 0 Å². The fourth-order valence-corrected chi connectivity index (χ4v) is 1.19. The van der Waals surface area contributed by atoms with Crippen LogP contribution in [0.2, 0.25) is 0 Å². The first-order valence-electron chi connectivity index (χ1n) is 4.40. The molecular formula is C10H9F3O3. The molecule has 0 aliphatic rings. The molecule has 0 N–H and O–H groups in total. The van der Waals surface area contributed by atoms with Crippen LogP contribution in [-0.2, 0) is 0 Å². The highest BCUT2D eigenvalue weighted by Crippen LogP contribution is 2.36. The lowest BCUT2D eigenvalue weighted by Gasteiger charge is -2.12. The molecule has 16 heavy (non-hydrogen) atoms. The Morgan fingerprint density at radius 2 is 1.75 bits per heavy atom. The molecule has 0 aliphatic carbocycles. The first kappa shape index (κ1) is 12.4. The summed E-state index contributed by atoms with van der Waals surface area (Å²) < 4.78 is 49.3. The summed E-state index contributed by atoms with van der Waals surface area (Å²) >= 11 is 0. The molecule has 0 aromatic heterocycles. The second-order valence-corrected chi connectivity index (χ2v) is 2.77. The van der Waals surface area contributed by atoms with Gasteiger partial charge in [0.1, 0.15) is 0 Å². The summed E-state index contributed by atoms with van der Waals surface area (Å²) in [5.41, 5.74) is -1.02. The number of rotatable bonds is 4. The molecule has 3 nitrogen and oxygen atoms in total. The minimum atomic E-state index is -1.59. The molecule has 0 fully saturated rings. The summed E-state index contributed by atoms with van der Waals surface area (Å²) in [5.74, 6) is -5.60. The lowest BCUT2D eigenvalue weighted by atomic mass is 10.1. The van der Waals surface area contributed by atoms with Crippen molar-refractivity contribution in [2.24, 2.45) is 0 Å². The van der Waals surface area contributed by atoms with Gasteiger partial charge in [0, 0.05) is 0 Å². The number of hydrogen-bond acceptors (Lipinski definition) is 3. The second kappa shape index (κ2) is 4.87. The van der Waals surface area contributed by atoms with Crippen LogP contribution in [-0.4, -0.2) is 20.0 Å². The maximum Gasteiger partial charge on any atom is 0.205 e. The van der Waals surface area contributed by atoms with Gasteiger partial charge in [-0.05, 0) is 6.92 Å². The van der Waals surface area contributed by atoms with E-state index in [1.807, 2.05) is 0 Å². The predicted octanol–water partition coefficient (Wildman–Crippen LogP) is 2.32. The SMILES string of the molecule is CCOc1c(F)c(F)c(C=O)c(F)c1OC. The van der Waals surface area contributed by atoms with Crippen LogP contribution in [0.1, 0.15) is 17.3 Å². The van der Waals surface area contributed by atoms with E-state index in [2.05, 4.69) is 4.74 Å². The van der Waals surface area contributed by atoms with E-state index in [1.165, 1.54) is 6.92 Å². The standard InChI is InChI=1S/C10H9F3O3/c1-3-16-10-8(13)6(11)5(4-14)7(12)9(10)15-2/h4H,3H2,1-2H3. The van der Waals surface area contributed by atoms with Crippen molar-refractivity contribution in [1.29, 1.82) is 0 Å². The van der Waals surface area contributed by atoms with Gasteiger partial charge in [0.15, 0.2) is 17.9 Å². The lowest BCUT2D eigenvalue weighted by molar-refractivity contribution is 0.111. The van der Waals surface area contributed by atoms with Crippen LogP contribution >= 0.6 is 0 Å². The fraction of sp³-hybridized carbons (Fsp3) is 0.300. The number of benzene rings is 1. The third kappa shape index (κ3) is 1.82. The average molecular weight is 234 g/mol. The van der Waals surface area contributed by atoms with E-state index in [1.54, 1.807) is 0 Å². The van der Waals surface area contributed by atoms with E-state index in [0.29, 0.717) is 0 Å². The quantitative estimate of drug-likeness (QED) is 0.592. The van der Waals surface area contributed by atoms with Crippen molar-refractivity contribution in [1.82, 2.24) is 0 Å². The van der Waals surface area contributed by atoms with Gasteiger partial charge in [0.2, 0.25) is 17.3 Å². The van der Waals surface area contributed by atoms with Gasteiger partial charge in [0.05, 0.1) is 19.3 Å². The summed E-state index contributed by atoms with van der Waals surface area (Å²) in [6.45, 7) is 1.52. The Hall–Kier alpha value is -1.72. The maximum absolute atomic E-state index is 13.5. The van der Waals surface area contributed by atoms with Crippen molar-refractivity contribution in [3.8, 4) is 11.5 Å². The molecule has 1 aromatic rings. The first-order valence-corrected chi connectivity index (χ1v) is 4.40. The van der Waals surface area contributed by atoms with Gasteiger partial charge < -0.3 is 9.47 Å².